The third-order valence-electron chi connectivity index (χ3n) is 4.34. The van der Waals surface area contributed by atoms with Crippen LogP contribution in [0.3, 0.4) is 0 Å². The average Bonchev–Trinajstić information content (AvgIpc) is 2.62. The van der Waals surface area contributed by atoms with Crippen LogP contribution in [0.15, 0.2) is 41.3 Å². The van der Waals surface area contributed by atoms with Gasteiger partial charge >= 0.3 is 0 Å². The molecule has 0 N–H and O–H groups in total. The summed E-state index contributed by atoms with van der Waals surface area (Å²) in [5.41, 5.74) is 0.0987. The Hall–Kier alpha value is -2.03. The lowest BCUT2D eigenvalue weighted by Gasteiger charge is -2.22. The van der Waals surface area contributed by atoms with Crippen molar-refractivity contribution in [2.24, 2.45) is 0 Å². The maximum absolute atomic E-state index is 13.9. The summed E-state index contributed by atoms with van der Waals surface area (Å²) >= 11 is 6.10. The molecule has 2 aromatic carbocycles. The van der Waals surface area contributed by atoms with E-state index in [1.54, 1.807) is 13.8 Å². The third-order valence-corrected chi connectivity index (χ3v) is 6.70. The molecule has 0 fully saturated rings. The molecule has 9 heteroatoms. The molecule has 0 aliphatic carbocycles. The van der Waals surface area contributed by atoms with Crippen LogP contribution >= 0.6 is 11.6 Å². The molecule has 0 unspecified atom stereocenters. The van der Waals surface area contributed by atoms with Gasteiger partial charge in [0.2, 0.25) is 10.0 Å². The molecular weight excluding hydrogens is 410 g/mol. The first-order valence-corrected chi connectivity index (χ1v) is 10.2. The number of sulfonamides is 1. The summed E-state index contributed by atoms with van der Waals surface area (Å²) in [5.74, 6) is -2.08. The summed E-state index contributed by atoms with van der Waals surface area (Å²) in [4.78, 5) is 13.9. The Morgan fingerprint density at radius 3 is 2.32 bits per heavy atom. The number of halogens is 3. The summed E-state index contributed by atoms with van der Waals surface area (Å²) < 4.78 is 53.4. The van der Waals surface area contributed by atoms with E-state index in [2.05, 4.69) is 0 Å². The Morgan fingerprint density at radius 1 is 1.11 bits per heavy atom. The van der Waals surface area contributed by atoms with Crippen molar-refractivity contribution in [1.29, 1.82) is 0 Å². The normalized spacial score (nSPS) is 11.9. The van der Waals surface area contributed by atoms with Gasteiger partial charge < -0.3 is 4.90 Å². The molecule has 0 aliphatic rings. The number of hydrogen-bond acceptors (Lipinski definition) is 3. The lowest BCUT2D eigenvalue weighted by Crippen LogP contribution is -2.33. The van der Waals surface area contributed by atoms with E-state index in [1.807, 2.05) is 0 Å². The summed E-state index contributed by atoms with van der Waals surface area (Å²) in [6.45, 7) is 3.32. The zero-order chi connectivity index (χ0) is 21.2. The molecule has 0 atom stereocenters. The third kappa shape index (κ3) is 4.68. The van der Waals surface area contributed by atoms with Crippen LogP contribution in [0.25, 0.3) is 0 Å². The van der Waals surface area contributed by atoms with Crippen LogP contribution in [-0.4, -0.2) is 43.7 Å². The molecule has 0 radical (unpaired) electrons. The zero-order valence-electron chi connectivity index (χ0n) is 15.9. The van der Waals surface area contributed by atoms with Crippen molar-refractivity contribution in [3.8, 4) is 0 Å². The van der Waals surface area contributed by atoms with Gasteiger partial charge in [0.05, 0.1) is 15.5 Å². The summed E-state index contributed by atoms with van der Waals surface area (Å²) in [6, 6.07) is 6.66. The minimum Gasteiger partial charge on any atom is -0.337 e. The number of benzene rings is 2. The molecule has 152 valence electrons. The largest absolute Gasteiger partial charge is 0.337 e. The highest BCUT2D eigenvalue weighted by Crippen LogP contribution is 2.25. The van der Waals surface area contributed by atoms with Gasteiger partial charge in [-0.1, -0.05) is 17.7 Å². The predicted octanol–water partition coefficient (Wildman–Crippen LogP) is 3.92. The first-order valence-electron chi connectivity index (χ1n) is 8.42. The first-order chi connectivity index (χ1) is 12.9. The van der Waals surface area contributed by atoms with Crippen molar-refractivity contribution in [2.75, 3.05) is 14.1 Å². The number of carbonyl (C=O) groups excluding carboxylic acids is 1. The zero-order valence-corrected chi connectivity index (χ0v) is 17.5. The van der Waals surface area contributed by atoms with Gasteiger partial charge in [0.15, 0.2) is 0 Å². The first kappa shape index (κ1) is 22.3. The highest BCUT2D eigenvalue weighted by molar-refractivity contribution is 7.89. The van der Waals surface area contributed by atoms with E-state index < -0.39 is 27.6 Å². The minimum absolute atomic E-state index is 0.0232. The molecule has 0 bridgehead atoms. The highest BCUT2D eigenvalue weighted by atomic mass is 35.5. The quantitative estimate of drug-likeness (QED) is 0.698. The van der Waals surface area contributed by atoms with Crippen LogP contribution in [-0.2, 0) is 16.6 Å². The number of hydrogen-bond donors (Lipinski definition) is 0. The second-order valence-corrected chi connectivity index (χ2v) is 9.06. The second kappa shape index (κ2) is 8.55. The van der Waals surface area contributed by atoms with Crippen molar-refractivity contribution >= 4 is 27.5 Å². The van der Waals surface area contributed by atoms with Crippen LogP contribution in [0.2, 0.25) is 5.02 Å². The van der Waals surface area contributed by atoms with Gasteiger partial charge in [-0.3, -0.25) is 4.79 Å². The molecule has 0 heterocycles. The second-order valence-electron chi connectivity index (χ2n) is 6.65. The number of carbonyl (C=O) groups is 1. The van der Waals surface area contributed by atoms with Crippen molar-refractivity contribution in [3.05, 3.63) is 64.2 Å². The van der Waals surface area contributed by atoms with E-state index in [4.69, 9.17) is 11.6 Å². The van der Waals surface area contributed by atoms with Gasteiger partial charge in [0, 0.05) is 38.3 Å². The Bertz CT molecular complexity index is 997. The van der Waals surface area contributed by atoms with E-state index in [0.29, 0.717) is 0 Å². The molecule has 28 heavy (non-hydrogen) atoms. The van der Waals surface area contributed by atoms with Gasteiger partial charge in [-0.25, -0.2) is 17.2 Å². The Balaban J connectivity index is 2.35. The molecule has 0 saturated heterocycles. The van der Waals surface area contributed by atoms with Gasteiger partial charge in [-0.2, -0.15) is 4.31 Å². The summed E-state index contributed by atoms with van der Waals surface area (Å²) in [6.07, 6.45) is 0. The van der Waals surface area contributed by atoms with Crippen molar-refractivity contribution in [3.63, 3.8) is 0 Å². The smallest absolute Gasteiger partial charge is 0.255 e. The number of amides is 1. The van der Waals surface area contributed by atoms with Gasteiger partial charge in [0.25, 0.3) is 5.91 Å². The molecule has 0 saturated carbocycles. The van der Waals surface area contributed by atoms with Crippen LogP contribution in [0.4, 0.5) is 8.78 Å². The van der Waals surface area contributed by atoms with E-state index in [-0.39, 0.29) is 33.6 Å². The maximum atomic E-state index is 13.9. The Kier molecular flexibility index (Phi) is 6.80. The van der Waals surface area contributed by atoms with Gasteiger partial charge in [-0.05, 0) is 38.1 Å². The van der Waals surface area contributed by atoms with Crippen LogP contribution in [0, 0.1) is 11.6 Å². The molecular formula is C19H21ClF2N2O3S. The fourth-order valence-corrected chi connectivity index (χ4v) is 4.05. The van der Waals surface area contributed by atoms with E-state index in [0.717, 1.165) is 12.1 Å². The fourth-order valence-electron chi connectivity index (χ4n) is 2.46. The molecule has 2 rings (SSSR count). The minimum atomic E-state index is -3.80. The summed E-state index contributed by atoms with van der Waals surface area (Å²) in [5, 5.41) is 0.0718. The number of rotatable bonds is 6. The van der Waals surface area contributed by atoms with Gasteiger partial charge in [-0.15, -0.1) is 0 Å². The molecule has 2 aromatic rings. The molecule has 1 amide bonds. The Morgan fingerprint density at radius 2 is 1.75 bits per heavy atom. The van der Waals surface area contributed by atoms with Crippen molar-refractivity contribution in [2.45, 2.75) is 31.3 Å². The fraction of sp³-hybridized carbons (Fsp3) is 0.316. The standard InChI is InChI=1S/C19H21ClF2N2O3S/c1-12(2)24(4)28(26,27)15-7-8-17(20)16(10-15)19(25)23(3)11-13-5-6-14(21)9-18(13)22/h5-10,12H,11H2,1-4H3. The molecule has 0 aromatic heterocycles. The lowest BCUT2D eigenvalue weighted by atomic mass is 10.1. The highest BCUT2D eigenvalue weighted by Gasteiger charge is 2.26. The predicted molar refractivity (Wildman–Crippen MR) is 104 cm³/mol. The lowest BCUT2D eigenvalue weighted by molar-refractivity contribution is 0.0783. The van der Waals surface area contributed by atoms with E-state index in [1.165, 1.54) is 47.6 Å². The van der Waals surface area contributed by atoms with Crippen molar-refractivity contribution < 1.29 is 22.0 Å². The monoisotopic (exact) mass is 430 g/mol. The molecule has 0 spiro atoms. The average molecular weight is 431 g/mol. The SMILES string of the molecule is CC(C)N(C)S(=O)(=O)c1ccc(Cl)c(C(=O)N(C)Cc2ccc(F)cc2F)c1. The Labute approximate surface area is 168 Å². The van der Waals surface area contributed by atoms with Crippen LogP contribution < -0.4 is 0 Å². The van der Waals surface area contributed by atoms with E-state index >= 15 is 0 Å². The van der Waals surface area contributed by atoms with Crippen LogP contribution in [0.5, 0.6) is 0 Å². The van der Waals surface area contributed by atoms with Gasteiger partial charge in [0.1, 0.15) is 11.6 Å². The maximum Gasteiger partial charge on any atom is 0.255 e. The topological polar surface area (TPSA) is 57.7 Å². The molecule has 5 nitrogen and oxygen atoms in total. The van der Waals surface area contributed by atoms with Crippen LogP contribution in [0.1, 0.15) is 29.8 Å². The van der Waals surface area contributed by atoms with Crippen molar-refractivity contribution in [1.82, 2.24) is 9.21 Å². The number of nitrogens with zero attached hydrogens (tertiary/aromatic N) is 2. The summed E-state index contributed by atoms with van der Waals surface area (Å²) in [7, 11) is -0.941. The van der Waals surface area contributed by atoms with E-state index in [9.17, 15) is 22.0 Å². The molecule has 0 aliphatic heterocycles.